The van der Waals surface area contributed by atoms with Gasteiger partial charge in [-0.1, -0.05) is 224 Å². The number of benzene rings is 11. The van der Waals surface area contributed by atoms with Crippen molar-refractivity contribution in [2.45, 2.75) is 11.5 Å². The molecule has 1 nitrogen and oxygen atoms in total. The van der Waals surface area contributed by atoms with Crippen LogP contribution in [-0.4, -0.2) is 0 Å². The topological polar surface area (TPSA) is 12.0 Å². The third-order valence-corrected chi connectivity index (χ3v) is 14.7. The molecule has 1 heteroatoms. The molecule has 0 saturated heterocycles. The SMILES string of the molecule is c1ccc(-c2ccc(-c3c4ccccc4c(-c4cccc(C5Nc6ccccc6-c6c5ccc5c6-c6ccccc6C56c5ccccc5-c5ccccc56)c4)c4ccccc34)cc2)cc1. The van der Waals surface area contributed by atoms with Gasteiger partial charge in [0.2, 0.25) is 0 Å². The van der Waals surface area contributed by atoms with Crippen molar-refractivity contribution in [1.29, 1.82) is 0 Å². The van der Waals surface area contributed by atoms with Crippen molar-refractivity contribution in [2.75, 3.05) is 5.32 Å². The maximum atomic E-state index is 4.08. The average molecular weight is 824 g/mol. The highest BCUT2D eigenvalue weighted by Crippen LogP contribution is 2.65. The summed E-state index contributed by atoms with van der Waals surface area (Å²) in [5, 5.41) is 9.10. The Morgan fingerprint density at radius 1 is 0.292 bits per heavy atom. The molecule has 0 saturated carbocycles. The maximum absolute atomic E-state index is 4.08. The number of fused-ring (bicyclic) bond motifs is 16. The van der Waals surface area contributed by atoms with Gasteiger partial charge >= 0.3 is 0 Å². The molecule has 1 atom stereocenters. The summed E-state index contributed by atoms with van der Waals surface area (Å²) < 4.78 is 0. The Morgan fingerprint density at radius 2 is 0.769 bits per heavy atom. The first-order valence-electron chi connectivity index (χ1n) is 22.8. The van der Waals surface area contributed by atoms with Crippen LogP contribution in [0.3, 0.4) is 0 Å². The number of nitrogens with one attached hydrogen (secondary N) is 1. The second kappa shape index (κ2) is 13.9. The van der Waals surface area contributed by atoms with E-state index in [0.717, 1.165) is 5.69 Å². The monoisotopic (exact) mass is 823 g/mol. The van der Waals surface area contributed by atoms with Crippen LogP contribution in [-0.2, 0) is 5.41 Å². The smallest absolute Gasteiger partial charge is 0.0774 e. The second-order valence-corrected chi connectivity index (χ2v) is 17.9. The first-order valence-corrected chi connectivity index (χ1v) is 22.8. The van der Waals surface area contributed by atoms with E-state index in [1.54, 1.807) is 0 Å². The lowest BCUT2D eigenvalue weighted by Gasteiger charge is -2.34. The van der Waals surface area contributed by atoms with E-state index in [9.17, 15) is 0 Å². The lowest BCUT2D eigenvalue weighted by atomic mass is 9.70. The minimum Gasteiger partial charge on any atom is -0.374 e. The molecule has 2 aliphatic carbocycles. The zero-order chi connectivity index (χ0) is 42.6. The summed E-state index contributed by atoms with van der Waals surface area (Å²) in [6, 6.07) is 88.2. The molecule has 3 aliphatic rings. The summed E-state index contributed by atoms with van der Waals surface area (Å²) in [7, 11) is 0. The highest BCUT2D eigenvalue weighted by molar-refractivity contribution is 6.21. The van der Waals surface area contributed by atoms with Crippen molar-refractivity contribution < 1.29 is 0 Å². The van der Waals surface area contributed by atoms with Crippen molar-refractivity contribution in [3.05, 3.63) is 270 Å². The van der Waals surface area contributed by atoms with Gasteiger partial charge in [0.15, 0.2) is 0 Å². The molecular formula is C64H41N. The van der Waals surface area contributed by atoms with Crippen LogP contribution in [0.1, 0.15) is 39.4 Å². The fraction of sp³-hybridized carbons (Fsp3) is 0.0312. The predicted octanol–water partition coefficient (Wildman–Crippen LogP) is 16.5. The molecule has 1 N–H and O–H groups in total. The van der Waals surface area contributed by atoms with Crippen LogP contribution >= 0.6 is 0 Å². The van der Waals surface area contributed by atoms with Gasteiger partial charge in [-0.05, 0) is 128 Å². The van der Waals surface area contributed by atoms with Gasteiger partial charge in [0.25, 0.3) is 0 Å². The van der Waals surface area contributed by atoms with E-state index in [4.69, 9.17) is 0 Å². The minimum absolute atomic E-state index is 0.0723. The third-order valence-electron chi connectivity index (χ3n) is 14.7. The van der Waals surface area contributed by atoms with Gasteiger partial charge in [-0.3, -0.25) is 0 Å². The molecule has 65 heavy (non-hydrogen) atoms. The molecule has 0 fully saturated rings. The molecule has 1 unspecified atom stereocenters. The summed E-state index contributed by atoms with van der Waals surface area (Å²) in [5.41, 5.74) is 24.1. The zero-order valence-corrected chi connectivity index (χ0v) is 35.6. The Morgan fingerprint density at radius 3 is 1.42 bits per heavy atom. The molecule has 0 amide bonds. The van der Waals surface area contributed by atoms with Crippen molar-refractivity contribution in [1.82, 2.24) is 0 Å². The molecule has 1 spiro atoms. The highest BCUT2D eigenvalue weighted by Gasteiger charge is 2.52. The van der Waals surface area contributed by atoms with Gasteiger partial charge in [-0.2, -0.15) is 0 Å². The van der Waals surface area contributed by atoms with Gasteiger partial charge in [0.1, 0.15) is 0 Å². The van der Waals surface area contributed by atoms with E-state index >= 15 is 0 Å². The Kier molecular flexibility index (Phi) is 7.73. The number of para-hydroxylation sites is 1. The number of rotatable bonds is 4. The van der Waals surface area contributed by atoms with Gasteiger partial charge in [0, 0.05) is 11.3 Å². The van der Waals surface area contributed by atoms with Crippen LogP contribution in [0.5, 0.6) is 0 Å². The largest absolute Gasteiger partial charge is 0.374 e. The first-order chi connectivity index (χ1) is 32.3. The van der Waals surface area contributed by atoms with Gasteiger partial charge in [-0.15, -0.1) is 0 Å². The van der Waals surface area contributed by atoms with Crippen molar-refractivity contribution in [3.63, 3.8) is 0 Å². The summed E-state index contributed by atoms with van der Waals surface area (Å²) >= 11 is 0. The molecule has 1 aliphatic heterocycles. The van der Waals surface area contributed by atoms with E-state index in [1.807, 2.05) is 0 Å². The maximum Gasteiger partial charge on any atom is 0.0774 e. The standard InChI is InChI=1S/C64H41N/c1-2-17-40(18-3-1)41-33-35-42(36-34-41)59-47-23-4-6-25-49(47)60(50-26-7-5-24-48(50)59)43-19-16-20-44(39-43)63-53-37-38-57-62(61(53)52-28-11-15-32-58(52)65-63)51-27-10-14-31-56(51)64(57)54-29-12-8-21-45(54)46-22-9-13-30-55(46)64/h1-39,63,65H. The van der Waals surface area contributed by atoms with Crippen LogP contribution in [0.4, 0.5) is 5.69 Å². The average Bonchev–Trinajstić information content (AvgIpc) is 3.85. The quantitative estimate of drug-likeness (QED) is 0.174. The molecule has 14 rings (SSSR count). The van der Waals surface area contributed by atoms with E-state index in [0.29, 0.717) is 0 Å². The fourth-order valence-electron chi connectivity index (χ4n) is 12.1. The summed E-state index contributed by atoms with van der Waals surface area (Å²) in [6.07, 6.45) is 0. The van der Waals surface area contributed by atoms with E-state index in [-0.39, 0.29) is 6.04 Å². The summed E-state index contributed by atoms with van der Waals surface area (Å²) in [4.78, 5) is 0. The molecule has 0 radical (unpaired) electrons. The third kappa shape index (κ3) is 5.04. The minimum atomic E-state index is -0.401. The van der Waals surface area contributed by atoms with Gasteiger partial charge in [-0.25, -0.2) is 0 Å². The predicted molar refractivity (Wildman–Crippen MR) is 271 cm³/mol. The van der Waals surface area contributed by atoms with Crippen LogP contribution in [0, 0.1) is 0 Å². The number of anilines is 1. The van der Waals surface area contributed by atoms with Gasteiger partial charge < -0.3 is 5.32 Å². The molecular weight excluding hydrogens is 783 g/mol. The Balaban J connectivity index is 0.964. The van der Waals surface area contributed by atoms with Crippen molar-refractivity contribution in [2.24, 2.45) is 0 Å². The molecule has 302 valence electrons. The molecule has 0 aromatic heterocycles. The first kappa shape index (κ1) is 36.2. The fourth-order valence-corrected chi connectivity index (χ4v) is 12.1. The van der Waals surface area contributed by atoms with Crippen LogP contribution < -0.4 is 5.32 Å². The molecule has 11 aromatic carbocycles. The number of hydrogen-bond donors (Lipinski definition) is 1. The summed E-state index contributed by atoms with van der Waals surface area (Å²) in [5.74, 6) is 0. The van der Waals surface area contributed by atoms with E-state index in [1.165, 1.54) is 122 Å². The molecule has 1 heterocycles. The van der Waals surface area contributed by atoms with Crippen molar-refractivity contribution >= 4 is 27.2 Å². The van der Waals surface area contributed by atoms with Crippen LogP contribution in [0.25, 0.3) is 88.3 Å². The number of hydrogen-bond acceptors (Lipinski definition) is 1. The Labute approximate surface area is 379 Å². The molecule has 0 bridgehead atoms. The molecule has 11 aromatic rings. The zero-order valence-electron chi connectivity index (χ0n) is 35.6. The normalized spacial score (nSPS) is 14.6. The van der Waals surface area contributed by atoms with Crippen molar-refractivity contribution in [3.8, 4) is 66.8 Å². The van der Waals surface area contributed by atoms with Crippen LogP contribution in [0.2, 0.25) is 0 Å². The lowest BCUT2D eigenvalue weighted by Crippen LogP contribution is -2.26. The summed E-state index contributed by atoms with van der Waals surface area (Å²) in [6.45, 7) is 0. The van der Waals surface area contributed by atoms with E-state index in [2.05, 4.69) is 242 Å². The van der Waals surface area contributed by atoms with Gasteiger partial charge in [0.05, 0.1) is 11.5 Å². The Hall–Kier alpha value is -8.26. The van der Waals surface area contributed by atoms with E-state index < -0.39 is 5.41 Å². The Bertz CT molecular complexity index is 3640. The lowest BCUT2D eigenvalue weighted by molar-refractivity contribution is 0.792. The van der Waals surface area contributed by atoms with Crippen LogP contribution in [0.15, 0.2) is 237 Å². The highest BCUT2D eigenvalue weighted by atomic mass is 14.9. The second-order valence-electron chi connectivity index (χ2n) is 17.9.